The molecule has 1 heterocycles. The molecule has 3 rings (SSSR count). The van der Waals surface area contributed by atoms with E-state index in [-0.39, 0.29) is 5.91 Å². The van der Waals surface area contributed by atoms with Gasteiger partial charge in [-0.2, -0.15) is 0 Å². The van der Waals surface area contributed by atoms with Gasteiger partial charge in [-0.3, -0.25) is 9.69 Å². The van der Waals surface area contributed by atoms with Crippen molar-refractivity contribution >= 4 is 17.5 Å². The van der Waals surface area contributed by atoms with E-state index in [1.54, 1.807) is 19.2 Å². The van der Waals surface area contributed by atoms with Gasteiger partial charge in [0.15, 0.2) is 11.5 Å². The van der Waals surface area contributed by atoms with Crippen LogP contribution in [-0.4, -0.2) is 62.2 Å². The number of rotatable bonds is 9. The maximum Gasteiger partial charge on any atom is 0.254 e. The molecule has 0 saturated carbocycles. The summed E-state index contributed by atoms with van der Waals surface area (Å²) in [5.41, 5.74) is 1.77. The molecule has 0 atom stereocenters. The molecule has 1 aliphatic heterocycles. The van der Waals surface area contributed by atoms with Crippen LogP contribution in [0.2, 0.25) is 5.02 Å². The molecule has 0 aliphatic carbocycles. The van der Waals surface area contributed by atoms with Crippen molar-refractivity contribution in [1.82, 2.24) is 9.80 Å². The lowest BCUT2D eigenvalue weighted by Gasteiger charge is -2.23. The highest BCUT2D eigenvalue weighted by Crippen LogP contribution is 2.37. The molecule has 1 fully saturated rings. The first-order valence-corrected chi connectivity index (χ1v) is 11.7. The van der Waals surface area contributed by atoms with Crippen molar-refractivity contribution in [2.75, 3.05) is 46.5 Å². The third-order valence-electron chi connectivity index (χ3n) is 5.45. The molecule has 7 heteroatoms. The minimum absolute atomic E-state index is 0.0267. The number of halogens is 1. The fourth-order valence-corrected chi connectivity index (χ4v) is 4.07. The lowest BCUT2D eigenvalue weighted by Crippen LogP contribution is -2.35. The number of methoxy groups -OCH3 is 1. The average molecular weight is 461 g/mol. The fraction of sp³-hybridized carbons (Fsp3) is 0.480. The normalized spacial score (nSPS) is 14.7. The highest BCUT2D eigenvalue weighted by Gasteiger charge is 2.23. The maximum atomic E-state index is 13.3. The second-order valence-electron chi connectivity index (χ2n) is 7.84. The average Bonchev–Trinajstić information content (AvgIpc) is 3.04. The highest BCUT2D eigenvalue weighted by atomic mass is 35.5. The van der Waals surface area contributed by atoms with E-state index in [1.165, 1.54) is 5.56 Å². The summed E-state index contributed by atoms with van der Waals surface area (Å²) in [5, 5.41) is 0.406. The quantitative estimate of drug-likeness (QED) is 0.533. The molecule has 0 bridgehead atoms. The van der Waals surface area contributed by atoms with Crippen LogP contribution in [0.4, 0.5) is 0 Å². The third-order valence-corrected chi connectivity index (χ3v) is 5.73. The summed E-state index contributed by atoms with van der Waals surface area (Å²) in [4.78, 5) is 17.5. The number of carbonyl (C=O) groups excluding carboxylic acids is 1. The van der Waals surface area contributed by atoms with Crippen LogP contribution >= 0.6 is 11.6 Å². The van der Waals surface area contributed by atoms with Gasteiger partial charge in [0, 0.05) is 38.3 Å². The SMILES string of the molecule is CCCOc1c(Cl)cc(C(=O)N2CCCN(Cc3ccc(OC)cc3)CC2)cc1OCC. The van der Waals surface area contributed by atoms with Gasteiger partial charge < -0.3 is 19.1 Å². The fourth-order valence-electron chi connectivity index (χ4n) is 3.80. The van der Waals surface area contributed by atoms with Gasteiger partial charge in [0.25, 0.3) is 5.91 Å². The summed E-state index contributed by atoms with van der Waals surface area (Å²) in [5.74, 6) is 1.86. The molecular formula is C25H33ClN2O4. The molecular weight excluding hydrogens is 428 g/mol. The molecule has 1 saturated heterocycles. The molecule has 0 N–H and O–H groups in total. The molecule has 0 radical (unpaired) electrons. The third kappa shape index (κ3) is 6.30. The van der Waals surface area contributed by atoms with Crippen LogP contribution in [-0.2, 0) is 6.54 Å². The van der Waals surface area contributed by atoms with E-state index in [9.17, 15) is 4.79 Å². The summed E-state index contributed by atoms with van der Waals surface area (Å²) in [6.45, 7) is 8.96. The van der Waals surface area contributed by atoms with E-state index in [0.717, 1.165) is 38.2 Å². The second kappa shape index (κ2) is 12.0. The number of hydrogen-bond acceptors (Lipinski definition) is 5. The topological polar surface area (TPSA) is 51.2 Å². The zero-order valence-electron chi connectivity index (χ0n) is 19.2. The van der Waals surface area contributed by atoms with E-state index < -0.39 is 0 Å². The summed E-state index contributed by atoms with van der Waals surface area (Å²) >= 11 is 6.46. The Morgan fingerprint density at radius 2 is 1.81 bits per heavy atom. The standard InChI is InChI=1S/C25H33ClN2O4/c1-4-15-32-24-22(26)16-20(17-23(24)31-5-2)25(29)28-12-6-11-27(13-14-28)18-19-7-9-21(30-3)10-8-19/h7-10,16-17H,4-6,11-15,18H2,1-3H3. The Balaban J connectivity index is 1.67. The van der Waals surface area contributed by atoms with Crippen molar-refractivity contribution in [3.63, 3.8) is 0 Å². The number of hydrogen-bond donors (Lipinski definition) is 0. The van der Waals surface area contributed by atoms with Gasteiger partial charge in [-0.25, -0.2) is 0 Å². The lowest BCUT2D eigenvalue weighted by atomic mass is 10.1. The van der Waals surface area contributed by atoms with E-state index in [4.69, 9.17) is 25.8 Å². The Morgan fingerprint density at radius 3 is 2.50 bits per heavy atom. The van der Waals surface area contributed by atoms with Crippen molar-refractivity contribution in [1.29, 1.82) is 0 Å². The van der Waals surface area contributed by atoms with Crippen LogP contribution in [0, 0.1) is 0 Å². The van der Waals surface area contributed by atoms with Gasteiger partial charge in [-0.05, 0) is 49.6 Å². The summed E-state index contributed by atoms with van der Waals surface area (Å²) < 4.78 is 16.7. The van der Waals surface area contributed by atoms with E-state index >= 15 is 0 Å². The molecule has 32 heavy (non-hydrogen) atoms. The van der Waals surface area contributed by atoms with Crippen LogP contribution in [0.15, 0.2) is 36.4 Å². The maximum absolute atomic E-state index is 13.3. The molecule has 2 aromatic rings. The summed E-state index contributed by atoms with van der Waals surface area (Å²) in [7, 11) is 1.67. The number of amides is 1. The number of carbonyl (C=O) groups is 1. The Morgan fingerprint density at radius 1 is 1.03 bits per heavy atom. The largest absolute Gasteiger partial charge is 0.497 e. The van der Waals surface area contributed by atoms with Gasteiger partial charge in [0.1, 0.15) is 5.75 Å². The lowest BCUT2D eigenvalue weighted by molar-refractivity contribution is 0.0760. The minimum Gasteiger partial charge on any atom is -0.497 e. The van der Waals surface area contributed by atoms with Crippen molar-refractivity contribution < 1.29 is 19.0 Å². The van der Waals surface area contributed by atoms with Gasteiger partial charge >= 0.3 is 0 Å². The van der Waals surface area contributed by atoms with E-state index in [0.29, 0.717) is 48.4 Å². The zero-order valence-corrected chi connectivity index (χ0v) is 20.0. The number of nitrogens with zero attached hydrogens (tertiary/aromatic N) is 2. The van der Waals surface area contributed by atoms with Gasteiger partial charge in [0.05, 0.1) is 25.3 Å². The van der Waals surface area contributed by atoms with Crippen molar-refractivity contribution in [2.24, 2.45) is 0 Å². The highest BCUT2D eigenvalue weighted by molar-refractivity contribution is 6.32. The summed E-state index contributed by atoms with van der Waals surface area (Å²) in [6.07, 6.45) is 1.79. The molecule has 6 nitrogen and oxygen atoms in total. The summed E-state index contributed by atoms with van der Waals surface area (Å²) in [6, 6.07) is 11.6. The first-order valence-electron chi connectivity index (χ1n) is 11.3. The van der Waals surface area contributed by atoms with Gasteiger partial charge in [-0.15, -0.1) is 0 Å². The smallest absolute Gasteiger partial charge is 0.254 e. The van der Waals surface area contributed by atoms with Crippen LogP contribution in [0.1, 0.15) is 42.6 Å². The van der Waals surface area contributed by atoms with Crippen LogP contribution < -0.4 is 14.2 Å². The predicted octanol–water partition coefficient (Wildman–Crippen LogP) is 4.88. The Hall–Kier alpha value is -2.44. The first-order chi connectivity index (χ1) is 15.5. The second-order valence-corrected chi connectivity index (χ2v) is 8.24. The van der Waals surface area contributed by atoms with Crippen molar-refractivity contribution in [2.45, 2.75) is 33.2 Å². The Bertz CT molecular complexity index is 888. The molecule has 0 aromatic heterocycles. The number of ether oxygens (including phenoxy) is 3. The molecule has 0 spiro atoms. The Kier molecular flexibility index (Phi) is 9.06. The van der Waals surface area contributed by atoms with Crippen LogP contribution in [0.5, 0.6) is 17.2 Å². The van der Waals surface area contributed by atoms with Crippen molar-refractivity contribution in [3.8, 4) is 17.2 Å². The predicted molar refractivity (Wildman–Crippen MR) is 127 cm³/mol. The first kappa shape index (κ1) is 24.2. The molecule has 2 aromatic carbocycles. The monoisotopic (exact) mass is 460 g/mol. The van der Waals surface area contributed by atoms with E-state index in [2.05, 4.69) is 17.0 Å². The van der Waals surface area contributed by atoms with E-state index in [1.807, 2.05) is 30.9 Å². The zero-order chi connectivity index (χ0) is 22.9. The van der Waals surface area contributed by atoms with Gasteiger partial charge in [0.2, 0.25) is 0 Å². The van der Waals surface area contributed by atoms with Crippen LogP contribution in [0.25, 0.3) is 0 Å². The van der Waals surface area contributed by atoms with Crippen molar-refractivity contribution in [3.05, 3.63) is 52.5 Å². The number of benzene rings is 2. The van der Waals surface area contributed by atoms with Gasteiger partial charge in [-0.1, -0.05) is 30.7 Å². The molecule has 174 valence electrons. The Labute approximate surface area is 196 Å². The molecule has 1 aliphatic rings. The molecule has 1 amide bonds. The van der Waals surface area contributed by atoms with Crippen LogP contribution in [0.3, 0.4) is 0 Å². The molecule has 0 unspecified atom stereocenters. The minimum atomic E-state index is -0.0267.